The van der Waals surface area contributed by atoms with Crippen LogP contribution in [0.2, 0.25) is 0 Å². The number of aromatic nitrogens is 2. The first-order chi connectivity index (χ1) is 9.76. The average Bonchev–Trinajstić information content (AvgIpc) is 2.46. The molecule has 1 fully saturated rings. The maximum absolute atomic E-state index is 12.6. The second-order valence-electron chi connectivity index (χ2n) is 4.47. The van der Waals surface area contributed by atoms with E-state index in [9.17, 15) is 16.8 Å². The lowest BCUT2D eigenvalue weighted by Gasteiger charge is -2.32. The SMILES string of the molecule is CNc1ncc(S(=O)(=O)N2CCSCC2S(C)(=O)=O)cn1. The summed E-state index contributed by atoms with van der Waals surface area (Å²) in [6.07, 6.45) is 3.40. The van der Waals surface area contributed by atoms with Gasteiger partial charge in [0.2, 0.25) is 16.0 Å². The zero-order chi connectivity index (χ0) is 15.7. The molecule has 1 saturated heterocycles. The Morgan fingerprint density at radius 1 is 1.29 bits per heavy atom. The molecule has 118 valence electrons. The number of hydrogen-bond acceptors (Lipinski definition) is 8. The van der Waals surface area contributed by atoms with Crippen molar-refractivity contribution < 1.29 is 16.8 Å². The standard InChI is InChI=1S/C10H16N4O4S3/c1-11-10-12-5-8(6-13-10)21(17,18)14-3-4-19-7-9(14)20(2,15)16/h5-6,9H,3-4,7H2,1-2H3,(H,11,12,13). The molecule has 0 aromatic carbocycles. The van der Waals surface area contributed by atoms with Crippen LogP contribution in [0.3, 0.4) is 0 Å². The number of sulfone groups is 1. The summed E-state index contributed by atoms with van der Waals surface area (Å²) in [4.78, 5) is 7.62. The zero-order valence-corrected chi connectivity index (χ0v) is 14.0. The number of nitrogens with one attached hydrogen (secondary N) is 1. The molecular formula is C10H16N4O4S3. The fourth-order valence-electron chi connectivity index (χ4n) is 1.89. The molecule has 1 aromatic rings. The van der Waals surface area contributed by atoms with Crippen LogP contribution >= 0.6 is 11.8 Å². The first kappa shape index (κ1) is 16.5. The van der Waals surface area contributed by atoms with Crippen molar-refractivity contribution in [3.05, 3.63) is 12.4 Å². The minimum atomic E-state index is -3.93. The maximum atomic E-state index is 12.6. The lowest BCUT2D eigenvalue weighted by molar-refractivity contribution is 0.404. The van der Waals surface area contributed by atoms with Gasteiger partial charge in [-0.2, -0.15) is 16.1 Å². The second kappa shape index (κ2) is 6.07. The van der Waals surface area contributed by atoms with Crippen LogP contribution in [0.15, 0.2) is 17.3 Å². The Hall–Kier alpha value is -0.910. The van der Waals surface area contributed by atoms with Gasteiger partial charge in [0.1, 0.15) is 10.3 Å². The van der Waals surface area contributed by atoms with E-state index in [0.29, 0.717) is 11.7 Å². The van der Waals surface area contributed by atoms with Crippen molar-refractivity contribution in [1.29, 1.82) is 0 Å². The van der Waals surface area contributed by atoms with Gasteiger partial charge in [0, 0.05) is 31.4 Å². The number of nitrogens with zero attached hydrogens (tertiary/aromatic N) is 3. The van der Waals surface area contributed by atoms with Gasteiger partial charge in [0.05, 0.1) is 12.4 Å². The summed E-state index contributed by atoms with van der Waals surface area (Å²) in [6.45, 7) is 0.151. The second-order valence-corrected chi connectivity index (χ2v) is 9.71. The molecule has 0 bridgehead atoms. The fourth-order valence-corrected chi connectivity index (χ4v) is 6.95. The summed E-state index contributed by atoms with van der Waals surface area (Å²) < 4.78 is 49.8. The minimum absolute atomic E-state index is 0.109. The van der Waals surface area contributed by atoms with Crippen LogP contribution in [-0.4, -0.2) is 67.8 Å². The number of hydrogen-bond donors (Lipinski definition) is 1. The predicted octanol–water partition coefficient (Wildman–Crippen LogP) is -0.373. The Balaban J connectivity index is 2.40. The van der Waals surface area contributed by atoms with E-state index in [1.54, 1.807) is 7.05 Å². The first-order valence-corrected chi connectivity index (χ1v) is 10.6. The van der Waals surface area contributed by atoms with Gasteiger partial charge in [-0.25, -0.2) is 26.8 Å². The lowest BCUT2D eigenvalue weighted by Crippen LogP contribution is -2.49. The Labute approximate surface area is 128 Å². The van der Waals surface area contributed by atoms with Crippen LogP contribution in [0, 0.1) is 0 Å². The third-order valence-corrected chi connectivity index (χ3v) is 7.63. The van der Waals surface area contributed by atoms with E-state index in [2.05, 4.69) is 15.3 Å². The molecule has 2 rings (SSSR count). The number of anilines is 1. The van der Waals surface area contributed by atoms with Gasteiger partial charge in [-0.1, -0.05) is 0 Å². The highest BCUT2D eigenvalue weighted by atomic mass is 32.2. The molecule has 8 nitrogen and oxygen atoms in total. The smallest absolute Gasteiger partial charge is 0.247 e. The van der Waals surface area contributed by atoms with Crippen LogP contribution in [0.1, 0.15) is 0 Å². The average molecular weight is 352 g/mol. The summed E-state index contributed by atoms with van der Waals surface area (Å²) in [7, 11) is -5.82. The van der Waals surface area contributed by atoms with Crippen LogP contribution < -0.4 is 5.32 Å². The van der Waals surface area contributed by atoms with Crippen molar-refractivity contribution in [1.82, 2.24) is 14.3 Å². The number of thioether (sulfide) groups is 1. The van der Waals surface area contributed by atoms with Gasteiger partial charge >= 0.3 is 0 Å². The molecule has 2 heterocycles. The van der Waals surface area contributed by atoms with E-state index in [1.807, 2.05) is 0 Å². The largest absolute Gasteiger partial charge is 0.357 e. The van der Waals surface area contributed by atoms with Crippen molar-refractivity contribution in [3.63, 3.8) is 0 Å². The summed E-state index contributed by atoms with van der Waals surface area (Å²) in [6, 6.07) is 0. The fraction of sp³-hybridized carbons (Fsp3) is 0.600. The van der Waals surface area contributed by atoms with E-state index in [1.165, 1.54) is 24.2 Å². The van der Waals surface area contributed by atoms with Gasteiger partial charge < -0.3 is 5.32 Å². The quantitative estimate of drug-likeness (QED) is 0.781. The summed E-state index contributed by atoms with van der Waals surface area (Å²) in [5.41, 5.74) is 0. The molecule has 0 radical (unpaired) electrons. The molecule has 1 aliphatic rings. The summed E-state index contributed by atoms with van der Waals surface area (Å²) in [5.74, 6) is 1.08. The number of sulfonamides is 1. The third kappa shape index (κ3) is 3.47. The van der Waals surface area contributed by atoms with Gasteiger partial charge in [-0.15, -0.1) is 0 Å². The molecule has 11 heteroatoms. The van der Waals surface area contributed by atoms with Gasteiger partial charge in [0.25, 0.3) is 0 Å². The molecule has 0 amide bonds. The molecule has 1 aromatic heterocycles. The molecule has 21 heavy (non-hydrogen) atoms. The Morgan fingerprint density at radius 3 is 2.43 bits per heavy atom. The molecular weight excluding hydrogens is 336 g/mol. The predicted molar refractivity (Wildman–Crippen MR) is 81.4 cm³/mol. The Bertz CT molecular complexity index is 702. The highest BCUT2D eigenvalue weighted by Gasteiger charge is 2.39. The molecule has 1 atom stereocenters. The third-order valence-electron chi connectivity index (χ3n) is 2.99. The van der Waals surface area contributed by atoms with Crippen LogP contribution in [0.25, 0.3) is 0 Å². The van der Waals surface area contributed by atoms with E-state index >= 15 is 0 Å². The van der Waals surface area contributed by atoms with Crippen LogP contribution in [0.5, 0.6) is 0 Å². The van der Waals surface area contributed by atoms with Gasteiger partial charge in [0.15, 0.2) is 9.84 Å². The molecule has 0 spiro atoms. The lowest BCUT2D eigenvalue weighted by atomic mass is 10.6. The Kier molecular flexibility index (Phi) is 4.76. The normalized spacial score (nSPS) is 21.1. The summed E-state index contributed by atoms with van der Waals surface area (Å²) >= 11 is 1.42. The maximum Gasteiger partial charge on any atom is 0.247 e. The van der Waals surface area contributed by atoms with Crippen molar-refractivity contribution in [3.8, 4) is 0 Å². The Morgan fingerprint density at radius 2 is 1.90 bits per heavy atom. The first-order valence-electron chi connectivity index (χ1n) is 6.05. The van der Waals surface area contributed by atoms with Crippen LogP contribution in [0.4, 0.5) is 5.95 Å². The van der Waals surface area contributed by atoms with E-state index in [4.69, 9.17) is 0 Å². The molecule has 0 aliphatic carbocycles. The van der Waals surface area contributed by atoms with Gasteiger partial charge in [-0.05, 0) is 0 Å². The topological polar surface area (TPSA) is 109 Å². The van der Waals surface area contributed by atoms with Gasteiger partial charge in [-0.3, -0.25) is 0 Å². The monoisotopic (exact) mass is 352 g/mol. The van der Waals surface area contributed by atoms with E-state index in [0.717, 1.165) is 10.6 Å². The highest BCUT2D eigenvalue weighted by Crippen LogP contribution is 2.26. The zero-order valence-electron chi connectivity index (χ0n) is 11.6. The highest BCUT2D eigenvalue weighted by molar-refractivity contribution is 8.01. The van der Waals surface area contributed by atoms with E-state index in [-0.39, 0.29) is 17.2 Å². The summed E-state index contributed by atoms with van der Waals surface area (Å²) in [5, 5.41) is 1.64. The van der Waals surface area contributed by atoms with Crippen molar-refractivity contribution in [2.24, 2.45) is 0 Å². The number of rotatable bonds is 4. The molecule has 1 N–H and O–H groups in total. The minimum Gasteiger partial charge on any atom is -0.357 e. The van der Waals surface area contributed by atoms with E-state index < -0.39 is 25.2 Å². The molecule has 1 unspecified atom stereocenters. The molecule has 1 aliphatic heterocycles. The molecule has 0 saturated carbocycles. The van der Waals surface area contributed by atoms with Crippen molar-refractivity contribution in [2.75, 3.05) is 36.7 Å². The van der Waals surface area contributed by atoms with Crippen molar-refractivity contribution in [2.45, 2.75) is 10.3 Å². The van der Waals surface area contributed by atoms with Crippen molar-refractivity contribution >= 4 is 37.6 Å². The van der Waals surface area contributed by atoms with Crippen LogP contribution in [-0.2, 0) is 19.9 Å².